The van der Waals surface area contributed by atoms with Gasteiger partial charge in [0, 0.05) is 87.7 Å². The van der Waals surface area contributed by atoms with Crippen molar-refractivity contribution in [2.24, 2.45) is 21.6 Å². The number of aryl methyl sites for hydroxylation is 1. The van der Waals surface area contributed by atoms with E-state index in [1.54, 1.807) is 32.3 Å². The van der Waals surface area contributed by atoms with E-state index in [1.807, 2.05) is 28.8 Å². The van der Waals surface area contributed by atoms with Crippen molar-refractivity contribution in [2.75, 3.05) is 38.3 Å². The molecule has 16 nitrogen and oxygen atoms in total. The minimum atomic E-state index is -0.152. The maximum Gasteiger partial charge on any atom is 0.352 e. The Morgan fingerprint density at radius 3 is 1.92 bits per heavy atom. The summed E-state index contributed by atoms with van der Waals surface area (Å²) in [6.45, 7) is 7.71. The zero-order chi connectivity index (χ0) is 47.0. The van der Waals surface area contributed by atoms with Crippen LogP contribution in [0.5, 0.6) is 5.75 Å². The van der Waals surface area contributed by atoms with Gasteiger partial charge in [-0.1, -0.05) is 40.3 Å². The first-order valence-electron chi connectivity index (χ1n) is 19.4. The standard InChI is InChI=1S/C24H27N5O3S.C24H6.H3N5O3S.10H2/c1-31-18-6-4-16(5-7-18)14-28-23-20(21-25-15-26-29(21)24(28)30)19-3-2-10-27(22(19)33-23)13-17-8-11-32-12-9-17;1-3-5-7-9-11-13-15-17-19-21-23-24-22-20-18-16-14-12-10-8-6-4-2;1-2-3-4-5(7-6)8-9;;;;;;;;;;/h4-7,15,17H,2-3,8-14H2,1H3;1-2H3;1,6,9H;10*1H/b;;2-1?,4-3+;;;;;;;;;;. The van der Waals surface area contributed by atoms with E-state index >= 15 is 0 Å². The second-order valence-electron chi connectivity index (χ2n) is 12.6. The second-order valence-corrected chi connectivity index (χ2v) is 13.7. The summed E-state index contributed by atoms with van der Waals surface area (Å²) >= 11 is 4.89. The number of benzene rings is 1. The van der Waals surface area contributed by atoms with Crippen LogP contribution in [0.25, 0.3) is 15.9 Å². The van der Waals surface area contributed by atoms with Crippen LogP contribution in [0, 0.1) is 142 Å². The molecule has 0 bridgehead atoms. The Labute approximate surface area is 406 Å². The normalized spacial score (nSPS) is 11.3. The van der Waals surface area contributed by atoms with Crippen molar-refractivity contribution < 1.29 is 38.3 Å². The molecule has 3 aromatic heterocycles. The van der Waals surface area contributed by atoms with Crippen LogP contribution in [0.1, 0.15) is 58.5 Å². The molecule has 2 aliphatic heterocycles. The summed E-state index contributed by atoms with van der Waals surface area (Å²) in [4.78, 5) is 24.8. The number of rotatable bonds is 9. The van der Waals surface area contributed by atoms with Crippen LogP contribution in [-0.4, -0.2) is 63.2 Å². The van der Waals surface area contributed by atoms with Gasteiger partial charge in [-0.15, -0.1) is 0 Å². The molecule has 4 aromatic rings. The van der Waals surface area contributed by atoms with E-state index in [2.05, 4.69) is 183 Å². The van der Waals surface area contributed by atoms with E-state index in [-0.39, 0.29) is 25.3 Å². The first-order valence-corrected chi connectivity index (χ1v) is 20.5. The number of nitrogens with zero attached hydrogens (tertiary/aromatic N) is 9. The lowest BCUT2D eigenvalue weighted by Gasteiger charge is -2.33. The van der Waals surface area contributed by atoms with Crippen molar-refractivity contribution in [3.05, 3.63) is 52.2 Å². The number of thiol groups is 1. The van der Waals surface area contributed by atoms with Gasteiger partial charge < -0.3 is 14.4 Å². The van der Waals surface area contributed by atoms with Crippen LogP contribution < -0.4 is 15.3 Å². The number of aromatic nitrogens is 4. The predicted molar refractivity (Wildman–Crippen MR) is 272 cm³/mol. The fourth-order valence-electron chi connectivity index (χ4n) is 5.91. The van der Waals surface area contributed by atoms with E-state index < -0.39 is 0 Å². The molecule has 0 saturated carbocycles. The van der Waals surface area contributed by atoms with Crippen LogP contribution in [0.4, 0.5) is 5.00 Å². The zero-order valence-corrected chi connectivity index (χ0v) is 37.4. The van der Waals surface area contributed by atoms with Gasteiger partial charge in [-0.2, -0.15) is 19.4 Å². The summed E-state index contributed by atoms with van der Waals surface area (Å²) in [7, 11) is 1.66. The molecule has 346 valence electrons. The van der Waals surface area contributed by atoms with E-state index in [0.717, 1.165) is 73.5 Å². The van der Waals surface area contributed by atoms with Crippen molar-refractivity contribution in [3.8, 4) is 136 Å². The molecule has 0 radical (unpaired) electrons. The van der Waals surface area contributed by atoms with Crippen LogP contribution in [0.3, 0.4) is 0 Å². The molecule has 1 fully saturated rings. The van der Waals surface area contributed by atoms with Gasteiger partial charge >= 0.3 is 5.69 Å². The topological polar surface area (TPSA) is 177 Å². The van der Waals surface area contributed by atoms with E-state index in [1.165, 1.54) is 21.4 Å². The Hall–Kier alpha value is -8.52. The number of methoxy groups -OCH3 is 1. The van der Waals surface area contributed by atoms with Gasteiger partial charge in [0.15, 0.2) is 5.65 Å². The number of hydrogen-bond donors (Lipinski definition) is 3. The summed E-state index contributed by atoms with van der Waals surface area (Å²) < 4.78 is 18.0. The van der Waals surface area contributed by atoms with Crippen LogP contribution in [0.15, 0.2) is 51.1 Å². The Balaban J connectivity index is -0.000000199. The second kappa shape index (κ2) is 29.7. The maximum absolute atomic E-state index is 13.4. The van der Waals surface area contributed by atoms with Crippen molar-refractivity contribution in [1.82, 2.24) is 24.5 Å². The van der Waals surface area contributed by atoms with Crippen LogP contribution in [0.2, 0.25) is 0 Å². The summed E-state index contributed by atoms with van der Waals surface area (Å²) in [5.41, 5.74) is 8.95. The molecular formula is C48H56N10O6S2. The van der Waals surface area contributed by atoms with E-state index in [0.29, 0.717) is 18.1 Å². The fourth-order valence-corrected chi connectivity index (χ4v) is 7.34. The number of thiophene rings is 1. The highest BCUT2D eigenvalue weighted by atomic mass is 32.1. The molecule has 1 aromatic carbocycles. The van der Waals surface area contributed by atoms with Crippen molar-refractivity contribution in [1.29, 1.82) is 5.53 Å². The Kier molecular flexibility index (Phi) is 22.6. The number of anilines is 1. The molecule has 5 heterocycles. The SMILES string of the molecule is CC#CC#CC#CC#CC#CC#CC#CC#CC#CC#CC#CC.COc1ccc(Cn2c(=O)n3ncnc3c3c4c(sc32)N(CC2CCOCC2)CCC4)cc1.N=N/N=N/N(OO)OS.[HH].[HH].[HH].[HH].[HH].[HH].[HH].[HH].[HH].[HH]. The van der Waals surface area contributed by atoms with Gasteiger partial charge in [0.05, 0.1) is 24.0 Å². The molecule has 0 aliphatic carbocycles. The molecule has 2 aliphatic rings. The van der Waals surface area contributed by atoms with Crippen molar-refractivity contribution in [3.63, 3.8) is 0 Å². The highest BCUT2D eigenvalue weighted by Gasteiger charge is 2.29. The van der Waals surface area contributed by atoms with Gasteiger partial charge in [0.1, 0.15) is 16.9 Å². The molecular weight excluding hydrogens is 877 g/mol. The first kappa shape index (κ1) is 50.1. The Morgan fingerprint density at radius 1 is 0.894 bits per heavy atom. The quantitative estimate of drug-likeness (QED) is 0.0378. The lowest BCUT2D eigenvalue weighted by Crippen LogP contribution is -2.35. The third-order valence-electron chi connectivity index (χ3n) is 8.59. The van der Waals surface area contributed by atoms with Gasteiger partial charge in [0.25, 0.3) is 0 Å². The predicted octanol–water partition coefficient (Wildman–Crippen LogP) is 7.65. The third kappa shape index (κ3) is 16.3. The van der Waals surface area contributed by atoms with Crippen molar-refractivity contribution >= 4 is 45.1 Å². The molecule has 0 spiro atoms. The number of hydrogen-bond acceptors (Lipinski definition) is 13. The minimum absolute atomic E-state index is 0. The van der Waals surface area contributed by atoms with Gasteiger partial charge in [-0.05, 0) is 174 Å². The molecule has 0 atom stereocenters. The first-order chi connectivity index (χ1) is 32.5. The lowest BCUT2D eigenvalue weighted by atomic mass is 9.98. The van der Waals surface area contributed by atoms with Crippen LogP contribution >= 0.6 is 24.2 Å². The van der Waals surface area contributed by atoms with E-state index in [4.69, 9.17) is 20.3 Å². The average molecular weight is 933 g/mol. The smallest absolute Gasteiger partial charge is 0.352 e. The summed E-state index contributed by atoms with van der Waals surface area (Å²) in [6.07, 6.45) is 5.84. The van der Waals surface area contributed by atoms with Gasteiger partial charge in [-0.25, -0.2) is 15.0 Å². The van der Waals surface area contributed by atoms with Gasteiger partial charge in [-0.3, -0.25) is 4.57 Å². The number of nitrogens with one attached hydrogen (secondary N) is 1. The van der Waals surface area contributed by atoms with E-state index in [9.17, 15) is 4.79 Å². The largest absolute Gasteiger partial charge is 0.497 e. The van der Waals surface area contributed by atoms with Gasteiger partial charge in [0.2, 0.25) is 0 Å². The van der Waals surface area contributed by atoms with Crippen molar-refractivity contribution in [2.45, 2.75) is 46.1 Å². The molecule has 66 heavy (non-hydrogen) atoms. The molecule has 0 amide bonds. The molecule has 0 unspecified atom stereocenters. The summed E-state index contributed by atoms with van der Waals surface area (Å²) in [5.74, 6) is 57.1. The zero-order valence-electron chi connectivity index (χ0n) is 35.7. The molecule has 6 rings (SSSR count). The van der Waals surface area contributed by atoms with Crippen LogP contribution in [-0.2, 0) is 27.0 Å². The third-order valence-corrected chi connectivity index (χ3v) is 10.0. The summed E-state index contributed by atoms with van der Waals surface area (Å²) in [6, 6.07) is 7.88. The molecule has 18 heteroatoms. The average Bonchev–Trinajstić information content (AvgIpc) is 4.00. The highest BCUT2D eigenvalue weighted by Crippen LogP contribution is 2.43. The molecule has 2 N–H and O–H groups in total. The molecule has 1 saturated heterocycles. The Bertz CT molecular complexity index is 3130. The monoisotopic (exact) mass is 932 g/mol. The number of fused-ring (bicyclic) bond motifs is 5. The fraction of sp³-hybridized carbons (Fsp3) is 0.271. The Morgan fingerprint density at radius 2 is 1.44 bits per heavy atom. The maximum atomic E-state index is 13.4. The lowest BCUT2D eigenvalue weighted by molar-refractivity contribution is -0.478. The summed E-state index contributed by atoms with van der Waals surface area (Å²) in [5, 5.41) is 22.5. The number of ether oxygens (including phenoxy) is 2. The highest BCUT2D eigenvalue weighted by molar-refractivity contribution is 7.75. The minimum Gasteiger partial charge on any atom is -0.497 e.